The largest absolute Gasteiger partial charge is 0.456 e. The van der Waals surface area contributed by atoms with Crippen molar-refractivity contribution in [3.63, 3.8) is 0 Å². The van der Waals surface area contributed by atoms with Gasteiger partial charge in [0.2, 0.25) is 0 Å². The van der Waals surface area contributed by atoms with E-state index in [0.717, 1.165) is 10.4 Å². The lowest BCUT2D eigenvalue weighted by atomic mass is 10.1. The molecule has 0 unspecified atom stereocenters. The molecule has 1 aromatic heterocycles. The van der Waals surface area contributed by atoms with E-state index >= 15 is 0 Å². The normalized spacial score (nSPS) is 10.3. The van der Waals surface area contributed by atoms with Gasteiger partial charge in [0.05, 0.1) is 15.5 Å². The molecule has 1 aromatic carbocycles. The molecule has 2 N–H and O–H groups in total. The molecule has 0 atom stereocenters. The maximum Gasteiger partial charge on any atom is 0.338 e. The summed E-state index contributed by atoms with van der Waals surface area (Å²) in [6, 6.07) is 6.95. The highest BCUT2D eigenvalue weighted by atomic mass is 35.5. The Hall–Kier alpha value is -1.52. The third-order valence-corrected chi connectivity index (χ3v) is 3.87. The minimum absolute atomic E-state index is 0.184. The molecule has 94 valence electrons. The number of hydrogen-bond donors (Lipinski definition) is 1. The van der Waals surface area contributed by atoms with Crippen molar-refractivity contribution < 1.29 is 9.53 Å². The third-order valence-electron chi connectivity index (χ3n) is 2.51. The number of benzene rings is 1. The van der Waals surface area contributed by atoms with Gasteiger partial charge in [-0.2, -0.15) is 0 Å². The number of carbonyl (C=O) groups is 1. The molecule has 0 aliphatic carbocycles. The van der Waals surface area contributed by atoms with Crippen LogP contribution in [0.3, 0.4) is 0 Å². The number of thiophene rings is 1. The molecule has 0 aliphatic rings. The highest BCUT2D eigenvalue weighted by molar-refractivity contribution is 7.10. The lowest BCUT2D eigenvalue weighted by Crippen LogP contribution is -2.07. The zero-order valence-electron chi connectivity index (χ0n) is 9.77. The lowest BCUT2D eigenvalue weighted by molar-refractivity contribution is 0.0476. The smallest absolute Gasteiger partial charge is 0.338 e. The Morgan fingerprint density at radius 2 is 2.22 bits per heavy atom. The average Bonchev–Trinajstić information content (AvgIpc) is 2.75. The second kappa shape index (κ2) is 5.42. The first-order valence-electron chi connectivity index (χ1n) is 5.33. The summed E-state index contributed by atoms with van der Waals surface area (Å²) >= 11 is 7.39. The first-order valence-corrected chi connectivity index (χ1v) is 6.59. The van der Waals surface area contributed by atoms with Crippen LogP contribution in [-0.2, 0) is 11.3 Å². The summed E-state index contributed by atoms with van der Waals surface area (Å²) in [5, 5.41) is 2.48. The monoisotopic (exact) mass is 281 g/mol. The van der Waals surface area contributed by atoms with E-state index in [1.807, 2.05) is 12.3 Å². The summed E-state index contributed by atoms with van der Waals surface area (Å²) in [6.07, 6.45) is 0. The molecule has 0 spiro atoms. The molecule has 18 heavy (non-hydrogen) atoms. The summed E-state index contributed by atoms with van der Waals surface area (Å²) in [5.41, 5.74) is 7.52. The molecular weight excluding hydrogens is 270 g/mol. The van der Waals surface area contributed by atoms with E-state index in [4.69, 9.17) is 22.1 Å². The number of rotatable bonds is 3. The lowest BCUT2D eigenvalue weighted by Gasteiger charge is -2.07. The van der Waals surface area contributed by atoms with E-state index in [-0.39, 0.29) is 12.6 Å². The predicted octanol–water partition coefficient (Wildman–Crippen LogP) is 3.65. The van der Waals surface area contributed by atoms with Crippen molar-refractivity contribution in [2.45, 2.75) is 13.5 Å². The molecular formula is C13H12ClNO2S. The van der Waals surface area contributed by atoms with Crippen LogP contribution >= 0.6 is 22.9 Å². The van der Waals surface area contributed by atoms with Crippen LogP contribution in [0.25, 0.3) is 0 Å². The molecule has 0 radical (unpaired) electrons. The number of aryl methyl sites for hydroxylation is 1. The Morgan fingerprint density at radius 1 is 1.44 bits per heavy atom. The molecule has 0 amide bonds. The average molecular weight is 282 g/mol. The predicted molar refractivity (Wildman–Crippen MR) is 74.0 cm³/mol. The molecule has 0 bridgehead atoms. The van der Waals surface area contributed by atoms with Crippen molar-refractivity contribution in [2.24, 2.45) is 0 Å². The number of nitrogens with two attached hydrogens (primary N) is 1. The van der Waals surface area contributed by atoms with Crippen molar-refractivity contribution in [1.29, 1.82) is 0 Å². The van der Waals surface area contributed by atoms with Gasteiger partial charge in [0.1, 0.15) is 6.61 Å². The van der Waals surface area contributed by atoms with Crippen molar-refractivity contribution in [3.05, 3.63) is 50.7 Å². The fourth-order valence-electron chi connectivity index (χ4n) is 1.50. The molecule has 0 fully saturated rings. The van der Waals surface area contributed by atoms with Crippen LogP contribution < -0.4 is 5.73 Å². The molecule has 0 saturated carbocycles. The van der Waals surface area contributed by atoms with E-state index in [1.54, 1.807) is 24.3 Å². The topological polar surface area (TPSA) is 52.3 Å². The van der Waals surface area contributed by atoms with Crippen LogP contribution in [0.2, 0.25) is 5.02 Å². The highest BCUT2D eigenvalue weighted by Crippen LogP contribution is 2.23. The second-order valence-electron chi connectivity index (χ2n) is 3.84. The Kier molecular flexibility index (Phi) is 3.89. The van der Waals surface area contributed by atoms with Crippen molar-refractivity contribution >= 4 is 34.6 Å². The maximum atomic E-state index is 11.9. The molecule has 1 heterocycles. The van der Waals surface area contributed by atoms with Gasteiger partial charge in [-0.05, 0) is 36.1 Å². The van der Waals surface area contributed by atoms with Gasteiger partial charge in [-0.3, -0.25) is 0 Å². The zero-order chi connectivity index (χ0) is 13.1. The van der Waals surface area contributed by atoms with Crippen LogP contribution in [-0.4, -0.2) is 5.97 Å². The van der Waals surface area contributed by atoms with Crippen LogP contribution in [0.15, 0.2) is 29.6 Å². The summed E-state index contributed by atoms with van der Waals surface area (Å²) in [6.45, 7) is 2.03. The summed E-state index contributed by atoms with van der Waals surface area (Å²) < 4.78 is 5.22. The maximum absolute atomic E-state index is 11.9. The van der Waals surface area contributed by atoms with Crippen LogP contribution in [0.4, 0.5) is 5.69 Å². The number of esters is 1. The SMILES string of the molecule is Cc1ccc(N)cc1C(=O)OCc1sccc1Cl. The fraction of sp³-hybridized carbons (Fsp3) is 0.154. The number of anilines is 1. The van der Waals surface area contributed by atoms with Gasteiger partial charge in [-0.15, -0.1) is 11.3 Å². The second-order valence-corrected chi connectivity index (χ2v) is 5.25. The standard InChI is InChI=1S/C13H12ClNO2S/c1-8-2-3-9(15)6-10(8)13(16)17-7-12-11(14)4-5-18-12/h2-6H,7,15H2,1H3. The van der Waals surface area contributed by atoms with E-state index in [2.05, 4.69) is 0 Å². The molecule has 5 heteroatoms. The van der Waals surface area contributed by atoms with Gasteiger partial charge in [0.25, 0.3) is 0 Å². The van der Waals surface area contributed by atoms with Gasteiger partial charge >= 0.3 is 5.97 Å². The minimum atomic E-state index is -0.385. The van der Waals surface area contributed by atoms with E-state index in [0.29, 0.717) is 16.3 Å². The number of hydrogen-bond acceptors (Lipinski definition) is 4. The molecule has 0 aliphatic heterocycles. The summed E-state index contributed by atoms with van der Waals surface area (Å²) in [4.78, 5) is 12.7. The minimum Gasteiger partial charge on any atom is -0.456 e. The van der Waals surface area contributed by atoms with Gasteiger partial charge < -0.3 is 10.5 Å². The highest BCUT2D eigenvalue weighted by Gasteiger charge is 2.12. The zero-order valence-corrected chi connectivity index (χ0v) is 11.3. The summed E-state index contributed by atoms with van der Waals surface area (Å²) in [5.74, 6) is -0.385. The van der Waals surface area contributed by atoms with Gasteiger partial charge in [0.15, 0.2) is 0 Å². The van der Waals surface area contributed by atoms with Crippen LogP contribution in [0, 0.1) is 6.92 Å². The first-order chi connectivity index (χ1) is 8.58. The third kappa shape index (κ3) is 2.83. The number of ether oxygens (including phenoxy) is 1. The van der Waals surface area contributed by atoms with Crippen molar-refractivity contribution in [2.75, 3.05) is 5.73 Å². The van der Waals surface area contributed by atoms with Gasteiger partial charge in [0, 0.05) is 5.69 Å². The quantitative estimate of drug-likeness (QED) is 0.690. The Bertz CT molecular complexity index is 580. The van der Waals surface area contributed by atoms with Gasteiger partial charge in [-0.25, -0.2) is 4.79 Å². The molecule has 0 saturated heterocycles. The Balaban J connectivity index is 2.08. The van der Waals surface area contributed by atoms with Crippen molar-refractivity contribution in [1.82, 2.24) is 0 Å². The molecule has 2 rings (SSSR count). The van der Waals surface area contributed by atoms with Crippen LogP contribution in [0.1, 0.15) is 20.8 Å². The van der Waals surface area contributed by atoms with E-state index < -0.39 is 0 Å². The molecule has 3 nitrogen and oxygen atoms in total. The Morgan fingerprint density at radius 3 is 2.89 bits per heavy atom. The number of halogens is 1. The first kappa shape index (κ1) is 12.9. The summed E-state index contributed by atoms with van der Waals surface area (Å²) in [7, 11) is 0. The fourth-order valence-corrected chi connectivity index (χ4v) is 2.50. The number of carbonyl (C=O) groups excluding carboxylic acids is 1. The van der Waals surface area contributed by atoms with E-state index in [1.165, 1.54) is 11.3 Å². The Labute approximate surface area is 114 Å². The van der Waals surface area contributed by atoms with Crippen LogP contribution in [0.5, 0.6) is 0 Å². The molecule has 2 aromatic rings. The van der Waals surface area contributed by atoms with E-state index in [9.17, 15) is 4.79 Å². The number of nitrogen functional groups attached to an aromatic ring is 1. The van der Waals surface area contributed by atoms with Crippen molar-refractivity contribution in [3.8, 4) is 0 Å². The van der Waals surface area contributed by atoms with Gasteiger partial charge in [-0.1, -0.05) is 17.7 Å².